The first-order chi connectivity index (χ1) is 4.27. The number of nitrogens with zero attached hydrogens (tertiary/aromatic N) is 1. The second kappa shape index (κ2) is 2.67. The molecule has 1 saturated heterocycles. The van der Waals surface area contributed by atoms with Gasteiger partial charge in [0.25, 0.3) is 0 Å². The average molecular weight is 130 g/mol. The lowest BCUT2D eigenvalue weighted by molar-refractivity contribution is -1.08. The lowest BCUT2D eigenvalue weighted by Gasteiger charge is -2.24. The maximum absolute atomic E-state index is 5.53. The van der Waals surface area contributed by atoms with Crippen LogP contribution in [-0.4, -0.2) is 31.4 Å². The second-order valence-corrected chi connectivity index (χ2v) is 2.87. The van der Waals surface area contributed by atoms with Gasteiger partial charge in [-0.1, -0.05) is 0 Å². The molecule has 9 heavy (non-hydrogen) atoms. The van der Waals surface area contributed by atoms with Crippen LogP contribution in [-0.2, 0) is 4.84 Å². The maximum Gasteiger partial charge on any atom is 0.109 e. The van der Waals surface area contributed by atoms with Crippen LogP contribution in [0.4, 0.5) is 0 Å². The van der Waals surface area contributed by atoms with Crippen LogP contribution in [0, 0.1) is 0 Å². The fourth-order valence-electron chi connectivity index (χ4n) is 1.45. The van der Waals surface area contributed by atoms with Gasteiger partial charge < -0.3 is 0 Å². The molecule has 1 fully saturated rings. The highest BCUT2D eigenvalue weighted by molar-refractivity contribution is 4.45. The van der Waals surface area contributed by atoms with E-state index < -0.39 is 0 Å². The van der Waals surface area contributed by atoms with Gasteiger partial charge in [-0.25, -0.2) is 4.84 Å². The highest BCUT2D eigenvalue weighted by Gasteiger charge is 2.27. The first-order valence-corrected chi connectivity index (χ1v) is 3.76. The highest BCUT2D eigenvalue weighted by Crippen LogP contribution is 2.16. The predicted molar refractivity (Wildman–Crippen MR) is 36.8 cm³/mol. The Hall–Kier alpha value is -0.0800. The Morgan fingerprint density at radius 2 is 1.89 bits per heavy atom. The van der Waals surface area contributed by atoms with E-state index in [-0.39, 0.29) is 0 Å². The van der Waals surface area contributed by atoms with Crippen molar-refractivity contribution in [1.82, 2.24) is 0 Å². The fraction of sp³-hybridized carbons (Fsp3) is 1.00. The topological polar surface area (TPSA) is 9.23 Å². The van der Waals surface area contributed by atoms with E-state index in [1.807, 2.05) is 0 Å². The summed E-state index contributed by atoms with van der Waals surface area (Å²) in [5, 5.41) is 0. The van der Waals surface area contributed by atoms with Crippen molar-refractivity contribution in [1.29, 1.82) is 0 Å². The molecule has 0 unspecified atom stereocenters. The molecule has 1 heterocycles. The summed E-state index contributed by atoms with van der Waals surface area (Å²) in [6.07, 6.45) is 2.66. The normalized spacial score (nSPS) is 24.7. The Kier molecular flexibility index (Phi) is 2.09. The largest absolute Gasteiger partial charge is 0.203 e. The van der Waals surface area contributed by atoms with E-state index in [0.29, 0.717) is 0 Å². The maximum atomic E-state index is 5.53. The minimum atomic E-state index is 0.844. The molecule has 0 bridgehead atoms. The summed E-state index contributed by atoms with van der Waals surface area (Å²) >= 11 is 0. The zero-order valence-electron chi connectivity index (χ0n) is 6.39. The number of likely N-dealkylation sites (tertiary alicyclic amines) is 1. The van der Waals surface area contributed by atoms with Crippen LogP contribution in [0.2, 0.25) is 0 Å². The standard InChI is InChI=1S/C7H16NO/c1-3-9-8(2)6-4-5-7-8/h3-7H2,1-2H3/q+1. The molecule has 1 aliphatic heterocycles. The van der Waals surface area contributed by atoms with Crippen molar-refractivity contribution in [2.24, 2.45) is 0 Å². The second-order valence-electron chi connectivity index (χ2n) is 2.87. The Labute approximate surface area is 57.0 Å². The van der Waals surface area contributed by atoms with E-state index >= 15 is 0 Å². The Bertz CT molecular complexity index is 86.9. The Morgan fingerprint density at radius 1 is 1.33 bits per heavy atom. The molecule has 0 aromatic rings. The molecule has 1 aliphatic rings. The molecule has 0 spiro atoms. The summed E-state index contributed by atoms with van der Waals surface area (Å²) in [5.74, 6) is 0. The molecule has 0 saturated carbocycles. The molecule has 0 radical (unpaired) electrons. The summed E-state index contributed by atoms with van der Waals surface area (Å²) in [6, 6.07) is 0. The van der Waals surface area contributed by atoms with E-state index in [9.17, 15) is 0 Å². The van der Waals surface area contributed by atoms with Crippen molar-refractivity contribution < 1.29 is 9.48 Å². The molecule has 1 rings (SSSR count). The van der Waals surface area contributed by atoms with Gasteiger partial charge in [0.15, 0.2) is 0 Å². The summed E-state index contributed by atoms with van der Waals surface area (Å²) < 4.78 is 0.844. The molecule has 0 aliphatic carbocycles. The Balaban J connectivity index is 2.32. The van der Waals surface area contributed by atoms with Gasteiger partial charge in [0.1, 0.15) is 19.7 Å². The minimum absolute atomic E-state index is 0.844. The van der Waals surface area contributed by atoms with Crippen molar-refractivity contribution in [3.05, 3.63) is 0 Å². The van der Waals surface area contributed by atoms with E-state index in [4.69, 9.17) is 4.84 Å². The summed E-state index contributed by atoms with van der Waals surface area (Å²) in [4.78, 5) is 5.53. The van der Waals surface area contributed by atoms with Gasteiger partial charge in [0.2, 0.25) is 0 Å². The number of quaternary nitrogens is 1. The van der Waals surface area contributed by atoms with E-state index in [1.54, 1.807) is 0 Å². The number of hydroxylamine groups is 3. The number of hydrogen-bond donors (Lipinski definition) is 0. The van der Waals surface area contributed by atoms with Crippen molar-refractivity contribution in [2.75, 3.05) is 26.7 Å². The first kappa shape index (κ1) is 7.03. The highest BCUT2D eigenvalue weighted by atomic mass is 16.7. The van der Waals surface area contributed by atoms with Crippen molar-refractivity contribution in [3.63, 3.8) is 0 Å². The van der Waals surface area contributed by atoms with E-state index in [1.165, 1.54) is 25.9 Å². The van der Waals surface area contributed by atoms with Gasteiger partial charge in [-0.2, -0.15) is 4.65 Å². The lowest BCUT2D eigenvalue weighted by Crippen LogP contribution is -2.40. The van der Waals surface area contributed by atoms with Gasteiger partial charge >= 0.3 is 0 Å². The molecule has 2 heteroatoms. The van der Waals surface area contributed by atoms with Gasteiger partial charge in [0, 0.05) is 12.8 Å². The molecule has 0 aromatic carbocycles. The van der Waals surface area contributed by atoms with Crippen molar-refractivity contribution >= 4 is 0 Å². The molecule has 0 atom stereocenters. The van der Waals surface area contributed by atoms with Crippen LogP contribution in [0.5, 0.6) is 0 Å². The average Bonchev–Trinajstić information content (AvgIpc) is 2.16. The third-order valence-corrected chi connectivity index (χ3v) is 1.95. The van der Waals surface area contributed by atoms with Gasteiger partial charge in [-0.05, 0) is 6.92 Å². The van der Waals surface area contributed by atoms with Crippen LogP contribution in [0.1, 0.15) is 19.8 Å². The molecule has 0 N–H and O–H groups in total. The molecule has 2 nitrogen and oxygen atoms in total. The zero-order chi connectivity index (χ0) is 6.74. The van der Waals surface area contributed by atoms with Gasteiger partial charge in [0.05, 0.1) is 7.05 Å². The quantitative estimate of drug-likeness (QED) is 0.510. The fourth-order valence-corrected chi connectivity index (χ4v) is 1.45. The minimum Gasteiger partial charge on any atom is -0.203 e. The van der Waals surface area contributed by atoms with Crippen LogP contribution in [0.15, 0.2) is 0 Å². The molecular formula is C7H16NO+. The number of hydrogen-bond acceptors (Lipinski definition) is 1. The van der Waals surface area contributed by atoms with Gasteiger partial charge in [-0.15, -0.1) is 0 Å². The Morgan fingerprint density at radius 3 is 2.33 bits per heavy atom. The molecule has 54 valence electrons. The summed E-state index contributed by atoms with van der Waals surface area (Å²) in [6.45, 7) is 5.31. The van der Waals surface area contributed by atoms with Crippen molar-refractivity contribution in [2.45, 2.75) is 19.8 Å². The molecular weight excluding hydrogens is 114 g/mol. The lowest BCUT2D eigenvalue weighted by atomic mass is 10.4. The zero-order valence-corrected chi connectivity index (χ0v) is 6.39. The third-order valence-electron chi connectivity index (χ3n) is 1.95. The smallest absolute Gasteiger partial charge is 0.109 e. The molecule has 0 aromatic heterocycles. The summed E-state index contributed by atoms with van der Waals surface area (Å²) in [5.41, 5.74) is 0. The SMILES string of the molecule is CCO[N+]1(C)CCCC1. The van der Waals surface area contributed by atoms with E-state index in [2.05, 4.69) is 14.0 Å². The summed E-state index contributed by atoms with van der Waals surface area (Å²) in [7, 11) is 2.16. The first-order valence-electron chi connectivity index (χ1n) is 3.76. The van der Waals surface area contributed by atoms with Gasteiger partial charge in [-0.3, -0.25) is 0 Å². The van der Waals surface area contributed by atoms with Crippen LogP contribution < -0.4 is 0 Å². The van der Waals surface area contributed by atoms with Crippen LogP contribution >= 0.6 is 0 Å². The monoisotopic (exact) mass is 130 g/mol. The molecule has 0 amide bonds. The number of rotatable bonds is 2. The van der Waals surface area contributed by atoms with Crippen LogP contribution in [0.25, 0.3) is 0 Å². The van der Waals surface area contributed by atoms with E-state index in [0.717, 1.165) is 11.3 Å². The van der Waals surface area contributed by atoms with Crippen molar-refractivity contribution in [3.8, 4) is 0 Å². The van der Waals surface area contributed by atoms with Crippen LogP contribution in [0.3, 0.4) is 0 Å². The third kappa shape index (κ3) is 1.66. The predicted octanol–water partition coefficient (Wildman–Crippen LogP) is 1.18.